The number of aromatic nitrogens is 4. The number of carbonyl (C=O) groups is 1. The number of para-hydroxylation sites is 1. The molecule has 0 saturated carbocycles. The Hall–Kier alpha value is -3.41. The number of aromatic amines is 2. The van der Waals surface area contributed by atoms with Crippen molar-refractivity contribution in [1.29, 1.82) is 0 Å². The number of H-pyrrole nitrogens is 2. The number of nitrogens with zero attached hydrogens (tertiary/aromatic N) is 2. The molecule has 4 rings (SSSR count). The van der Waals surface area contributed by atoms with Gasteiger partial charge in [-0.05, 0) is 18.2 Å². The van der Waals surface area contributed by atoms with Crippen LogP contribution in [0.2, 0.25) is 0 Å². The first kappa shape index (κ1) is 14.2. The number of fused-ring (bicyclic) bond motifs is 1. The molecular formula is C18H15N5O. The first-order chi connectivity index (χ1) is 11.8. The van der Waals surface area contributed by atoms with Gasteiger partial charge in [0.1, 0.15) is 5.82 Å². The minimum absolute atomic E-state index is 0.0963. The lowest BCUT2D eigenvalue weighted by atomic mass is 10.1. The van der Waals surface area contributed by atoms with Gasteiger partial charge in [-0.3, -0.25) is 9.89 Å². The second-order valence-corrected chi connectivity index (χ2v) is 5.46. The zero-order valence-corrected chi connectivity index (χ0v) is 12.8. The lowest BCUT2D eigenvalue weighted by Crippen LogP contribution is -2.14. The van der Waals surface area contributed by atoms with Gasteiger partial charge < -0.3 is 10.3 Å². The third kappa shape index (κ3) is 2.77. The van der Waals surface area contributed by atoms with Crippen LogP contribution < -0.4 is 5.32 Å². The third-order valence-corrected chi connectivity index (χ3v) is 3.80. The maximum atomic E-state index is 12.3. The summed E-state index contributed by atoms with van der Waals surface area (Å²) >= 11 is 0. The number of anilines is 1. The molecule has 0 unspecified atom stereocenters. The van der Waals surface area contributed by atoms with Crippen LogP contribution in [0.3, 0.4) is 0 Å². The van der Waals surface area contributed by atoms with Crippen molar-refractivity contribution in [3.63, 3.8) is 0 Å². The van der Waals surface area contributed by atoms with Gasteiger partial charge in [0.15, 0.2) is 0 Å². The van der Waals surface area contributed by atoms with E-state index >= 15 is 0 Å². The first-order valence-electron chi connectivity index (χ1n) is 7.61. The highest BCUT2D eigenvalue weighted by Gasteiger charge is 2.10. The summed E-state index contributed by atoms with van der Waals surface area (Å²) in [5.41, 5.74) is 3.33. The van der Waals surface area contributed by atoms with Gasteiger partial charge in [0, 0.05) is 29.0 Å². The molecule has 2 aromatic carbocycles. The molecule has 118 valence electrons. The Morgan fingerprint density at radius 1 is 1.12 bits per heavy atom. The van der Waals surface area contributed by atoms with E-state index in [1.807, 2.05) is 48.5 Å². The summed E-state index contributed by atoms with van der Waals surface area (Å²) < 4.78 is 0. The second-order valence-electron chi connectivity index (χ2n) is 5.46. The summed E-state index contributed by atoms with van der Waals surface area (Å²) in [5, 5.41) is 11.0. The van der Waals surface area contributed by atoms with Gasteiger partial charge in [-0.25, -0.2) is 4.98 Å². The molecule has 0 fully saturated rings. The van der Waals surface area contributed by atoms with Crippen molar-refractivity contribution in [3.8, 4) is 11.4 Å². The molecule has 1 amide bonds. The second kappa shape index (κ2) is 6.00. The molecule has 0 saturated heterocycles. The molecule has 0 aliphatic heterocycles. The van der Waals surface area contributed by atoms with E-state index in [0.717, 1.165) is 33.7 Å². The Morgan fingerprint density at radius 2 is 2.04 bits per heavy atom. The molecule has 2 aromatic heterocycles. The topological polar surface area (TPSA) is 86.5 Å². The monoisotopic (exact) mass is 317 g/mol. The number of hydrogen-bond donors (Lipinski definition) is 3. The zero-order valence-electron chi connectivity index (χ0n) is 12.8. The van der Waals surface area contributed by atoms with Crippen LogP contribution in [0.25, 0.3) is 22.3 Å². The average molecular weight is 317 g/mol. The first-order valence-corrected chi connectivity index (χ1v) is 7.61. The molecule has 6 nitrogen and oxygen atoms in total. The Bertz CT molecular complexity index is 988. The lowest BCUT2D eigenvalue weighted by Gasteiger charge is -2.06. The van der Waals surface area contributed by atoms with Crippen molar-refractivity contribution < 1.29 is 4.79 Å². The van der Waals surface area contributed by atoms with Crippen LogP contribution in [0, 0.1) is 0 Å². The SMILES string of the molecule is O=C(Cc1[nH]nc2ccccc12)Nc1cccc(-c2ncc[nH]2)c1. The molecule has 24 heavy (non-hydrogen) atoms. The van der Waals surface area contributed by atoms with Gasteiger partial charge in [-0.2, -0.15) is 5.10 Å². The van der Waals surface area contributed by atoms with Crippen molar-refractivity contribution in [2.45, 2.75) is 6.42 Å². The highest BCUT2D eigenvalue weighted by Crippen LogP contribution is 2.20. The molecule has 0 aliphatic carbocycles. The van der Waals surface area contributed by atoms with Crippen molar-refractivity contribution in [2.75, 3.05) is 5.32 Å². The number of imidazole rings is 1. The van der Waals surface area contributed by atoms with Gasteiger partial charge in [-0.1, -0.05) is 30.3 Å². The fourth-order valence-corrected chi connectivity index (χ4v) is 2.68. The smallest absolute Gasteiger partial charge is 0.230 e. The standard InChI is InChI=1S/C18H15N5O/c24-17(11-16-14-6-1-2-7-15(14)22-23-16)21-13-5-3-4-12(10-13)18-19-8-9-20-18/h1-10H,11H2,(H,19,20)(H,21,24)(H,22,23). The van der Waals surface area contributed by atoms with E-state index in [2.05, 4.69) is 25.5 Å². The Labute approximate surface area is 137 Å². The molecule has 3 N–H and O–H groups in total. The normalized spacial score (nSPS) is 10.8. The van der Waals surface area contributed by atoms with E-state index in [1.165, 1.54) is 0 Å². The van der Waals surface area contributed by atoms with Crippen LogP contribution in [0.4, 0.5) is 5.69 Å². The van der Waals surface area contributed by atoms with Crippen molar-refractivity contribution in [3.05, 3.63) is 66.6 Å². The highest BCUT2D eigenvalue weighted by atomic mass is 16.1. The maximum Gasteiger partial charge on any atom is 0.230 e. The summed E-state index contributed by atoms with van der Waals surface area (Å²) in [7, 11) is 0. The van der Waals surface area contributed by atoms with Crippen LogP contribution in [0.5, 0.6) is 0 Å². The summed E-state index contributed by atoms with van der Waals surface area (Å²) in [6.45, 7) is 0. The van der Waals surface area contributed by atoms with Gasteiger partial charge >= 0.3 is 0 Å². The average Bonchev–Trinajstić information content (AvgIpc) is 3.26. The van der Waals surface area contributed by atoms with Gasteiger partial charge in [0.25, 0.3) is 0 Å². The molecule has 0 aliphatic rings. The van der Waals surface area contributed by atoms with Crippen LogP contribution in [0.1, 0.15) is 5.69 Å². The van der Waals surface area contributed by atoms with Crippen molar-refractivity contribution in [1.82, 2.24) is 20.2 Å². The van der Waals surface area contributed by atoms with Gasteiger partial charge in [0.2, 0.25) is 5.91 Å². The summed E-state index contributed by atoms with van der Waals surface area (Å²) in [6.07, 6.45) is 3.71. The zero-order chi connectivity index (χ0) is 16.4. The Morgan fingerprint density at radius 3 is 2.92 bits per heavy atom. The Balaban J connectivity index is 1.51. The largest absolute Gasteiger partial charge is 0.345 e. The quantitative estimate of drug-likeness (QED) is 0.540. The van der Waals surface area contributed by atoms with E-state index in [-0.39, 0.29) is 12.3 Å². The van der Waals surface area contributed by atoms with Crippen molar-refractivity contribution in [2.24, 2.45) is 0 Å². The van der Waals surface area contributed by atoms with E-state index in [9.17, 15) is 4.79 Å². The number of nitrogens with one attached hydrogen (secondary N) is 3. The Kier molecular flexibility index (Phi) is 3.55. The fourth-order valence-electron chi connectivity index (χ4n) is 2.68. The number of hydrogen-bond acceptors (Lipinski definition) is 3. The van der Waals surface area contributed by atoms with E-state index < -0.39 is 0 Å². The molecular weight excluding hydrogens is 302 g/mol. The van der Waals surface area contributed by atoms with Gasteiger partial charge in [0.05, 0.1) is 17.6 Å². The van der Waals surface area contributed by atoms with Gasteiger partial charge in [-0.15, -0.1) is 0 Å². The number of amides is 1. The predicted octanol–water partition coefficient (Wildman–Crippen LogP) is 3.13. The summed E-state index contributed by atoms with van der Waals surface area (Å²) in [5.74, 6) is 0.673. The van der Waals surface area contributed by atoms with E-state index in [4.69, 9.17) is 0 Å². The van der Waals surface area contributed by atoms with Crippen LogP contribution in [-0.4, -0.2) is 26.1 Å². The summed E-state index contributed by atoms with van der Waals surface area (Å²) in [6, 6.07) is 15.3. The van der Waals surface area contributed by atoms with Crippen LogP contribution >= 0.6 is 0 Å². The van der Waals surface area contributed by atoms with E-state index in [0.29, 0.717) is 0 Å². The molecule has 0 spiro atoms. The summed E-state index contributed by atoms with van der Waals surface area (Å²) in [4.78, 5) is 19.6. The van der Waals surface area contributed by atoms with Crippen LogP contribution in [0.15, 0.2) is 60.9 Å². The fraction of sp³-hybridized carbons (Fsp3) is 0.0556. The number of benzene rings is 2. The molecule has 0 bridgehead atoms. The minimum Gasteiger partial charge on any atom is -0.345 e. The minimum atomic E-state index is -0.0963. The molecule has 6 heteroatoms. The maximum absolute atomic E-state index is 12.3. The molecule has 2 heterocycles. The number of carbonyl (C=O) groups excluding carboxylic acids is 1. The predicted molar refractivity (Wildman–Crippen MR) is 92.5 cm³/mol. The molecule has 0 radical (unpaired) electrons. The number of rotatable bonds is 4. The van der Waals surface area contributed by atoms with Crippen LogP contribution in [-0.2, 0) is 11.2 Å². The molecule has 4 aromatic rings. The lowest BCUT2D eigenvalue weighted by molar-refractivity contribution is -0.115. The van der Waals surface area contributed by atoms with Crippen molar-refractivity contribution >= 4 is 22.5 Å². The highest BCUT2D eigenvalue weighted by molar-refractivity contribution is 5.95. The van der Waals surface area contributed by atoms with E-state index in [1.54, 1.807) is 12.4 Å². The third-order valence-electron chi connectivity index (χ3n) is 3.80. The molecule has 0 atom stereocenters.